The lowest BCUT2D eigenvalue weighted by molar-refractivity contribution is -0.153. The highest BCUT2D eigenvalue weighted by atomic mass is 16.5. The van der Waals surface area contributed by atoms with E-state index in [-0.39, 0.29) is 12.1 Å². The van der Waals surface area contributed by atoms with Crippen LogP contribution < -0.4 is 0 Å². The van der Waals surface area contributed by atoms with Crippen LogP contribution >= 0.6 is 0 Å². The first kappa shape index (κ1) is 23.1. The molecule has 0 aromatic rings. The van der Waals surface area contributed by atoms with E-state index in [1.54, 1.807) is 0 Å². The molecule has 3 aliphatic carbocycles. The maximum atomic E-state index is 12.3. The van der Waals surface area contributed by atoms with Crippen LogP contribution in [0.5, 0.6) is 0 Å². The van der Waals surface area contributed by atoms with Crippen LogP contribution in [0.25, 0.3) is 0 Å². The van der Waals surface area contributed by atoms with Crippen LogP contribution in [0.4, 0.5) is 0 Å². The minimum atomic E-state index is 0.0752. The smallest absolute Gasteiger partial charge is 0.306 e. The molecule has 0 aliphatic heterocycles. The third-order valence-corrected chi connectivity index (χ3v) is 8.60. The molecule has 29 heavy (non-hydrogen) atoms. The summed E-state index contributed by atoms with van der Waals surface area (Å²) in [6, 6.07) is 0. The van der Waals surface area contributed by atoms with E-state index in [2.05, 4.69) is 13.8 Å². The number of hydrogen-bond donors (Lipinski definition) is 0. The van der Waals surface area contributed by atoms with Crippen molar-refractivity contribution in [3.05, 3.63) is 0 Å². The molecule has 0 N–H and O–H groups in total. The van der Waals surface area contributed by atoms with Crippen LogP contribution in [0, 0.1) is 29.6 Å². The molecule has 2 heteroatoms. The predicted molar refractivity (Wildman–Crippen MR) is 122 cm³/mol. The van der Waals surface area contributed by atoms with Crippen molar-refractivity contribution in [2.24, 2.45) is 29.6 Å². The van der Waals surface area contributed by atoms with E-state index in [4.69, 9.17) is 4.74 Å². The minimum absolute atomic E-state index is 0.0752. The molecule has 0 heterocycles. The SMILES string of the molecule is CCCCCCCC(=O)OC1CCC2C(CCC3CC(CCCCC)CCC32)C1. The monoisotopic (exact) mass is 404 g/mol. The van der Waals surface area contributed by atoms with Crippen molar-refractivity contribution in [2.75, 3.05) is 0 Å². The van der Waals surface area contributed by atoms with Crippen LogP contribution in [-0.2, 0) is 9.53 Å². The fourth-order valence-corrected chi connectivity index (χ4v) is 7.02. The van der Waals surface area contributed by atoms with Crippen molar-refractivity contribution in [2.45, 2.75) is 136 Å². The van der Waals surface area contributed by atoms with Gasteiger partial charge in [-0.25, -0.2) is 0 Å². The van der Waals surface area contributed by atoms with Gasteiger partial charge in [0.2, 0.25) is 0 Å². The third-order valence-electron chi connectivity index (χ3n) is 8.60. The summed E-state index contributed by atoms with van der Waals surface area (Å²) in [5.74, 6) is 4.88. The van der Waals surface area contributed by atoms with Gasteiger partial charge in [0.1, 0.15) is 6.10 Å². The van der Waals surface area contributed by atoms with Crippen LogP contribution in [-0.4, -0.2) is 12.1 Å². The highest BCUT2D eigenvalue weighted by molar-refractivity contribution is 5.69. The van der Waals surface area contributed by atoms with E-state index in [1.807, 2.05) is 0 Å². The zero-order valence-corrected chi connectivity index (χ0v) is 19.5. The Morgan fingerprint density at radius 1 is 0.724 bits per heavy atom. The second-order valence-electron chi connectivity index (χ2n) is 10.7. The summed E-state index contributed by atoms with van der Waals surface area (Å²) in [5.41, 5.74) is 0. The van der Waals surface area contributed by atoms with Gasteiger partial charge in [0.25, 0.3) is 0 Å². The van der Waals surface area contributed by atoms with Gasteiger partial charge in [-0.1, -0.05) is 71.6 Å². The number of fused-ring (bicyclic) bond motifs is 3. The molecule has 3 saturated carbocycles. The van der Waals surface area contributed by atoms with Gasteiger partial charge in [0, 0.05) is 6.42 Å². The van der Waals surface area contributed by atoms with Gasteiger partial charge in [0.15, 0.2) is 0 Å². The zero-order chi connectivity index (χ0) is 20.5. The zero-order valence-electron chi connectivity index (χ0n) is 19.5. The fourth-order valence-electron chi connectivity index (χ4n) is 7.02. The summed E-state index contributed by atoms with van der Waals surface area (Å²) in [7, 11) is 0. The summed E-state index contributed by atoms with van der Waals surface area (Å²) in [4.78, 5) is 12.3. The van der Waals surface area contributed by atoms with Crippen LogP contribution in [0.2, 0.25) is 0 Å². The first-order valence-electron chi connectivity index (χ1n) is 13.4. The molecule has 3 aliphatic rings. The van der Waals surface area contributed by atoms with Crippen molar-refractivity contribution in [3.63, 3.8) is 0 Å². The first-order chi connectivity index (χ1) is 14.2. The lowest BCUT2D eigenvalue weighted by atomic mass is 9.56. The fraction of sp³-hybridized carbons (Fsp3) is 0.963. The second-order valence-corrected chi connectivity index (χ2v) is 10.7. The standard InChI is InChI=1S/C27H48O2/c1-3-5-7-8-10-12-27(28)29-24-16-18-26-23(20-24)15-14-22-19-21(11-9-6-4-2)13-17-25(22)26/h21-26H,3-20H2,1-2H3. The Morgan fingerprint density at radius 3 is 2.14 bits per heavy atom. The number of esters is 1. The van der Waals surface area contributed by atoms with E-state index in [1.165, 1.54) is 89.9 Å². The molecule has 0 amide bonds. The largest absolute Gasteiger partial charge is 0.462 e. The molecule has 168 valence electrons. The Morgan fingerprint density at radius 2 is 1.38 bits per heavy atom. The Labute approximate surface area is 180 Å². The third kappa shape index (κ3) is 7.00. The van der Waals surface area contributed by atoms with E-state index < -0.39 is 0 Å². The highest BCUT2D eigenvalue weighted by Gasteiger charge is 2.44. The predicted octanol–water partition coefficient (Wildman–Crippen LogP) is 8.08. The van der Waals surface area contributed by atoms with Crippen LogP contribution in [0.1, 0.15) is 129 Å². The summed E-state index contributed by atoms with van der Waals surface area (Å²) in [6.45, 7) is 4.55. The molecule has 0 radical (unpaired) electrons. The minimum Gasteiger partial charge on any atom is -0.462 e. The van der Waals surface area contributed by atoms with Crippen molar-refractivity contribution in [1.82, 2.24) is 0 Å². The molecule has 0 saturated heterocycles. The lowest BCUT2D eigenvalue weighted by Gasteiger charge is -2.50. The van der Waals surface area contributed by atoms with Gasteiger partial charge in [-0.05, 0) is 81.0 Å². The van der Waals surface area contributed by atoms with E-state index in [0.717, 1.165) is 48.9 Å². The maximum absolute atomic E-state index is 12.3. The molecule has 3 fully saturated rings. The number of unbranched alkanes of at least 4 members (excludes halogenated alkanes) is 6. The van der Waals surface area contributed by atoms with Gasteiger partial charge >= 0.3 is 5.97 Å². The number of hydrogen-bond acceptors (Lipinski definition) is 2. The summed E-state index contributed by atoms with van der Waals surface area (Å²) < 4.78 is 5.92. The average molecular weight is 405 g/mol. The normalized spacial score (nSPS) is 34.3. The Bertz CT molecular complexity index is 473. The van der Waals surface area contributed by atoms with Crippen molar-refractivity contribution >= 4 is 5.97 Å². The highest BCUT2D eigenvalue weighted by Crippen LogP contribution is 2.53. The van der Waals surface area contributed by atoms with Crippen molar-refractivity contribution < 1.29 is 9.53 Å². The molecule has 0 aromatic carbocycles. The number of carbonyl (C=O) groups excluding carboxylic acids is 1. The quantitative estimate of drug-likeness (QED) is 0.257. The molecule has 0 spiro atoms. The summed E-state index contributed by atoms with van der Waals surface area (Å²) >= 11 is 0. The molecular weight excluding hydrogens is 356 g/mol. The Balaban J connectivity index is 1.37. The summed E-state index contributed by atoms with van der Waals surface area (Å²) in [5, 5.41) is 0. The number of ether oxygens (including phenoxy) is 1. The van der Waals surface area contributed by atoms with Gasteiger partial charge < -0.3 is 4.74 Å². The Kier molecular flexibility index (Phi) is 9.86. The molecule has 0 aromatic heterocycles. The molecule has 0 bridgehead atoms. The van der Waals surface area contributed by atoms with E-state index >= 15 is 0 Å². The molecule has 6 unspecified atom stereocenters. The van der Waals surface area contributed by atoms with Gasteiger partial charge in [0.05, 0.1) is 0 Å². The van der Waals surface area contributed by atoms with Crippen LogP contribution in [0.15, 0.2) is 0 Å². The Hall–Kier alpha value is -0.530. The van der Waals surface area contributed by atoms with Crippen molar-refractivity contribution in [3.8, 4) is 0 Å². The maximum Gasteiger partial charge on any atom is 0.306 e. The molecule has 2 nitrogen and oxygen atoms in total. The average Bonchev–Trinajstić information content (AvgIpc) is 2.73. The topological polar surface area (TPSA) is 26.3 Å². The molecule has 6 atom stereocenters. The van der Waals surface area contributed by atoms with Gasteiger partial charge in [-0.15, -0.1) is 0 Å². The summed E-state index contributed by atoms with van der Waals surface area (Å²) in [6.07, 6.45) is 23.6. The van der Waals surface area contributed by atoms with Gasteiger partial charge in [-0.3, -0.25) is 4.79 Å². The molecular formula is C27H48O2. The van der Waals surface area contributed by atoms with E-state index in [9.17, 15) is 4.79 Å². The first-order valence-corrected chi connectivity index (χ1v) is 13.4. The van der Waals surface area contributed by atoms with E-state index in [0.29, 0.717) is 6.42 Å². The van der Waals surface area contributed by atoms with Gasteiger partial charge in [-0.2, -0.15) is 0 Å². The molecule has 3 rings (SSSR count). The number of carbonyl (C=O) groups is 1. The van der Waals surface area contributed by atoms with Crippen LogP contribution in [0.3, 0.4) is 0 Å². The number of rotatable bonds is 11. The second kappa shape index (κ2) is 12.4. The lowest BCUT2D eigenvalue weighted by Crippen LogP contribution is -2.43. The van der Waals surface area contributed by atoms with Crippen molar-refractivity contribution in [1.29, 1.82) is 0 Å².